The predicted octanol–water partition coefficient (Wildman–Crippen LogP) is -4.94. The fraction of sp³-hybridized carbons (Fsp3) is 0.885. The first-order valence-corrected chi connectivity index (χ1v) is 14.3. The van der Waals surface area contributed by atoms with E-state index in [2.05, 4.69) is 17.6 Å². The molecule has 0 aromatic carbocycles. The normalized spacial score (nSPS) is 17.3. The van der Waals surface area contributed by atoms with E-state index in [0.717, 1.165) is 25.7 Å². The molecule has 0 bridgehead atoms. The Balaban J connectivity index is 4.87. The van der Waals surface area contributed by atoms with E-state index in [-0.39, 0.29) is 51.3 Å². The van der Waals surface area contributed by atoms with Crippen molar-refractivity contribution in [2.45, 2.75) is 107 Å². The zero-order valence-corrected chi connectivity index (χ0v) is 24.2. The Bertz CT molecular complexity index is 715. The molecule has 42 heavy (non-hydrogen) atoms. The van der Waals surface area contributed by atoms with Gasteiger partial charge < -0.3 is 66.6 Å². The highest BCUT2D eigenvalue weighted by Gasteiger charge is 2.35. The van der Waals surface area contributed by atoms with E-state index in [1.54, 1.807) is 0 Å². The summed E-state index contributed by atoms with van der Waals surface area (Å²) >= 11 is 0. The number of carbonyl (C=O) groups is 3. The number of aliphatic hydroxyl groups is 10. The monoisotopic (exact) mass is 613 g/mol. The fourth-order valence-corrected chi connectivity index (χ4v) is 3.93. The minimum atomic E-state index is -2.08. The van der Waals surface area contributed by atoms with E-state index in [1.807, 2.05) is 0 Å². The first kappa shape index (κ1) is 40.0. The fourth-order valence-electron chi connectivity index (χ4n) is 3.93. The molecule has 0 saturated carbocycles. The highest BCUT2D eigenvalue weighted by Crippen LogP contribution is 2.09. The predicted molar refractivity (Wildman–Crippen MR) is 147 cm³/mol. The Morgan fingerprint density at radius 3 is 1.38 bits per heavy atom. The van der Waals surface area contributed by atoms with E-state index in [0.29, 0.717) is 6.42 Å². The first-order valence-electron chi connectivity index (χ1n) is 14.3. The molecule has 16 heteroatoms. The molecule has 0 aromatic heterocycles. The van der Waals surface area contributed by atoms with Crippen molar-refractivity contribution < 1.29 is 65.4 Å². The van der Waals surface area contributed by atoms with Gasteiger partial charge in [0.25, 0.3) is 11.8 Å². The van der Waals surface area contributed by atoms with Crippen LogP contribution >= 0.6 is 0 Å². The summed E-state index contributed by atoms with van der Waals surface area (Å²) in [5.74, 6) is -2.21. The van der Waals surface area contributed by atoms with Crippen LogP contribution in [-0.4, -0.2) is 162 Å². The van der Waals surface area contributed by atoms with E-state index in [9.17, 15) is 55.2 Å². The lowest BCUT2D eigenvalue weighted by molar-refractivity contribution is -0.149. The summed E-state index contributed by atoms with van der Waals surface area (Å²) < 4.78 is 0. The number of amides is 3. The van der Waals surface area contributed by atoms with Gasteiger partial charge in [-0.25, -0.2) is 0 Å². The summed E-state index contributed by atoms with van der Waals surface area (Å²) in [6.07, 6.45) is -10.2. The molecule has 0 unspecified atom stereocenters. The van der Waals surface area contributed by atoms with E-state index in [4.69, 9.17) is 10.2 Å². The lowest BCUT2D eigenvalue weighted by atomic mass is 10.0. The Labute approximate surface area is 245 Å². The maximum absolute atomic E-state index is 12.8. The third-order valence-electron chi connectivity index (χ3n) is 6.70. The number of nitrogens with zero attached hydrogens (tertiary/aromatic N) is 1. The summed E-state index contributed by atoms with van der Waals surface area (Å²) in [6, 6.07) is 0. The summed E-state index contributed by atoms with van der Waals surface area (Å²) in [6.45, 7) is 0.663. The average molecular weight is 614 g/mol. The van der Waals surface area contributed by atoms with Crippen LogP contribution in [-0.2, 0) is 14.4 Å². The second-order valence-corrected chi connectivity index (χ2v) is 10.2. The second-order valence-electron chi connectivity index (χ2n) is 10.2. The molecule has 12 N–H and O–H groups in total. The molecular weight excluding hydrogens is 562 g/mol. The number of rotatable bonds is 24. The number of unbranched alkanes of at least 4 members (excludes halogenated alkanes) is 4. The molecule has 3 amide bonds. The van der Waals surface area contributed by atoms with Crippen LogP contribution in [0.15, 0.2) is 0 Å². The topological polar surface area (TPSA) is 281 Å². The van der Waals surface area contributed by atoms with Gasteiger partial charge in [0, 0.05) is 32.6 Å². The van der Waals surface area contributed by atoms with Crippen LogP contribution in [0, 0.1) is 0 Å². The van der Waals surface area contributed by atoms with Crippen molar-refractivity contribution in [2.75, 3.05) is 39.4 Å². The van der Waals surface area contributed by atoms with Gasteiger partial charge in [-0.2, -0.15) is 0 Å². The molecule has 0 heterocycles. The van der Waals surface area contributed by atoms with E-state index < -0.39 is 73.9 Å². The molecule has 0 aliphatic heterocycles. The summed E-state index contributed by atoms with van der Waals surface area (Å²) in [7, 11) is 0. The number of hydrogen-bond donors (Lipinski definition) is 12. The molecule has 0 aromatic rings. The van der Waals surface area contributed by atoms with Crippen molar-refractivity contribution in [3.05, 3.63) is 0 Å². The summed E-state index contributed by atoms with van der Waals surface area (Å²) in [5.41, 5.74) is 0. The maximum atomic E-state index is 12.8. The largest absolute Gasteiger partial charge is 0.394 e. The van der Waals surface area contributed by atoms with Crippen LogP contribution in [0.25, 0.3) is 0 Å². The van der Waals surface area contributed by atoms with Crippen molar-refractivity contribution in [3.8, 4) is 0 Å². The molecule has 0 spiro atoms. The van der Waals surface area contributed by atoms with Crippen molar-refractivity contribution in [3.63, 3.8) is 0 Å². The molecule has 0 rings (SSSR count). The van der Waals surface area contributed by atoms with Crippen LogP contribution in [0.1, 0.15) is 58.3 Å². The van der Waals surface area contributed by atoms with Gasteiger partial charge in [0.1, 0.15) is 36.6 Å². The third kappa shape index (κ3) is 15.0. The first-order chi connectivity index (χ1) is 19.8. The van der Waals surface area contributed by atoms with Gasteiger partial charge in [0.15, 0.2) is 12.2 Å². The van der Waals surface area contributed by atoms with Gasteiger partial charge in [0.05, 0.1) is 13.2 Å². The van der Waals surface area contributed by atoms with Gasteiger partial charge in [-0.1, -0.05) is 32.6 Å². The van der Waals surface area contributed by atoms with Crippen molar-refractivity contribution >= 4 is 17.7 Å². The van der Waals surface area contributed by atoms with E-state index >= 15 is 0 Å². The highest BCUT2D eigenvalue weighted by atomic mass is 16.4. The molecule has 248 valence electrons. The summed E-state index contributed by atoms with van der Waals surface area (Å²) in [5, 5.41) is 99.9. The maximum Gasteiger partial charge on any atom is 0.251 e. The average Bonchev–Trinajstić information content (AvgIpc) is 3.00. The Kier molecular flexibility index (Phi) is 21.5. The lowest BCUT2D eigenvalue weighted by Gasteiger charge is -2.26. The Morgan fingerprint density at radius 2 is 1.00 bits per heavy atom. The number of aliphatic hydroxyl groups excluding tert-OH is 10. The van der Waals surface area contributed by atoms with Crippen molar-refractivity contribution in [2.24, 2.45) is 0 Å². The minimum Gasteiger partial charge on any atom is -0.394 e. The molecule has 16 nitrogen and oxygen atoms in total. The molecular formula is C26H51N3O13. The van der Waals surface area contributed by atoms with Gasteiger partial charge in [-0.3, -0.25) is 14.4 Å². The van der Waals surface area contributed by atoms with Gasteiger partial charge in [-0.05, 0) is 19.3 Å². The van der Waals surface area contributed by atoms with Crippen LogP contribution < -0.4 is 10.6 Å². The SMILES string of the molecule is CCCCCCCC(=O)N(CCCNC(=O)[C@H](O)[C@@H](O)[C@H](O)[C@H](O)CO)CCCNC(=O)[C@H](O)[C@@H](O)[C@H](O)[C@H](O)CO. The molecule has 0 aliphatic rings. The van der Waals surface area contributed by atoms with Crippen LogP contribution in [0.5, 0.6) is 0 Å². The highest BCUT2D eigenvalue weighted by molar-refractivity contribution is 5.81. The Morgan fingerprint density at radius 1 is 0.595 bits per heavy atom. The molecule has 0 fully saturated rings. The van der Waals surface area contributed by atoms with E-state index in [1.165, 1.54) is 4.90 Å². The zero-order chi connectivity index (χ0) is 32.2. The van der Waals surface area contributed by atoms with Gasteiger partial charge in [-0.15, -0.1) is 0 Å². The number of hydrogen-bond acceptors (Lipinski definition) is 13. The number of nitrogens with one attached hydrogen (secondary N) is 2. The molecule has 8 atom stereocenters. The quantitative estimate of drug-likeness (QED) is 0.0455. The third-order valence-corrected chi connectivity index (χ3v) is 6.70. The molecule has 0 saturated heterocycles. The number of carbonyl (C=O) groups excluding carboxylic acids is 3. The van der Waals surface area contributed by atoms with Crippen LogP contribution in [0.4, 0.5) is 0 Å². The summed E-state index contributed by atoms with van der Waals surface area (Å²) in [4.78, 5) is 38.6. The lowest BCUT2D eigenvalue weighted by Crippen LogP contribution is -2.52. The Hall–Kier alpha value is -1.99. The van der Waals surface area contributed by atoms with Crippen LogP contribution in [0.3, 0.4) is 0 Å². The van der Waals surface area contributed by atoms with Crippen LogP contribution in [0.2, 0.25) is 0 Å². The minimum absolute atomic E-state index is 0.00955. The zero-order valence-electron chi connectivity index (χ0n) is 24.2. The van der Waals surface area contributed by atoms with Gasteiger partial charge in [0.2, 0.25) is 5.91 Å². The second kappa shape index (κ2) is 22.5. The molecule has 0 radical (unpaired) electrons. The smallest absolute Gasteiger partial charge is 0.251 e. The van der Waals surface area contributed by atoms with Crippen molar-refractivity contribution in [1.29, 1.82) is 0 Å². The van der Waals surface area contributed by atoms with Gasteiger partial charge >= 0.3 is 0 Å². The van der Waals surface area contributed by atoms with Crippen molar-refractivity contribution in [1.82, 2.24) is 15.5 Å². The molecule has 0 aliphatic carbocycles. The standard InChI is InChI=1S/C26H51N3O13/c1-2-3-4-5-6-9-18(34)29(12-7-10-27-25(41)23(39)21(37)19(35)16(32)14-30)13-8-11-28-26(42)24(40)22(38)20(36)17(33)15-31/h16-17,19-24,30-33,35-40H,2-15H2,1H3,(H,27,41)(H,28,42)/t16-,17-,19-,20-,21+,22+,23-,24-/m1/s1.